The van der Waals surface area contributed by atoms with E-state index in [1.165, 1.54) is 0 Å². The van der Waals surface area contributed by atoms with Gasteiger partial charge in [-0.15, -0.1) is 0 Å². The third-order valence-corrected chi connectivity index (χ3v) is 4.73. The zero-order valence-electron chi connectivity index (χ0n) is 11.7. The summed E-state index contributed by atoms with van der Waals surface area (Å²) < 4.78 is 7.44. The second kappa shape index (κ2) is 4.48. The monoisotopic (exact) mass is 276 g/mol. The molecule has 6 heteroatoms. The Kier molecular flexibility index (Phi) is 2.73. The summed E-state index contributed by atoms with van der Waals surface area (Å²) in [5.41, 5.74) is 0.710. The van der Waals surface area contributed by atoms with Crippen LogP contribution in [-0.2, 0) is 4.74 Å². The van der Waals surface area contributed by atoms with Crippen LogP contribution in [0.2, 0.25) is 0 Å². The van der Waals surface area contributed by atoms with Crippen molar-refractivity contribution in [1.29, 1.82) is 0 Å². The Bertz CT molecular complexity index is 541. The zero-order chi connectivity index (χ0) is 13.7. The van der Waals surface area contributed by atoms with E-state index >= 15 is 0 Å². The van der Waals surface area contributed by atoms with Crippen LogP contribution in [0.3, 0.4) is 0 Å². The molecular weight excluding hydrogens is 256 g/mol. The lowest BCUT2D eigenvalue weighted by Gasteiger charge is -2.33. The summed E-state index contributed by atoms with van der Waals surface area (Å²) in [6.07, 6.45) is 3.34. The number of nitrogens with one attached hydrogen (secondary N) is 1. The summed E-state index contributed by atoms with van der Waals surface area (Å²) in [7, 11) is 0. The Balaban J connectivity index is 1.70. The molecule has 1 saturated heterocycles. The van der Waals surface area contributed by atoms with Crippen LogP contribution in [-0.4, -0.2) is 47.5 Å². The van der Waals surface area contributed by atoms with Crippen molar-refractivity contribution in [3.05, 3.63) is 11.8 Å². The van der Waals surface area contributed by atoms with E-state index in [4.69, 9.17) is 9.84 Å². The van der Waals surface area contributed by atoms with E-state index in [1.807, 2.05) is 10.7 Å². The number of nitrogens with zero attached hydrogens (tertiary/aromatic N) is 3. The molecule has 0 radical (unpaired) electrons. The van der Waals surface area contributed by atoms with Gasteiger partial charge in [-0.25, -0.2) is 0 Å². The number of fused-ring (bicyclic) bond motifs is 3. The van der Waals surface area contributed by atoms with Crippen LogP contribution in [0.4, 0.5) is 5.82 Å². The summed E-state index contributed by atoms with van der Waals surface area (Å²) in [5, 5.41) is 7.86. The van der Waals surface area contributed by atoms with E-state index in [-0.39, 0.29) is 11.9 Å². The normalized spacial score (nSPS) is 32.8. The highest BCUT2D eigenvalue weighted by Gasteiger charge is 2.38. The van der Waals surface area contributed by atoms with Crippen molar-refractivity contribution >= 4 is 11.7 Å². The molecular formula is C14H20N4O2. The lowest BCUT2D eigenvalue weighted by molar-refractivity contribution is 0.0881. The van der Waals surface area contributed by atoms with Gasteiger partial charge in [0.05, 0.1) is 31.3 Å². The number of carbonyl (C=O) groups excluding carboxylic acids is 1. The fourth-order valence-corrected chi connectivity index (χ4v) is 3.66. The second-order valence-corrected chi connectivity index (χ2v) is 6.03. The van der Waals surface area contributed by atoms with E-state index in [1.54, 1.807) is 0 Å². The molecule has 0 bridgehead atoms. The van der Waals surface area contributed by atoms with Crippen LogP contribution in [0, 0.1) is 0 Å². The zero-order valence-corrected chi connectivity index (χ0v) is 11.7. The van der Waals surface area contributed by atoms with Crippen LogP contribution in [0.1, 0.15) is 42.7 Å². The Hall–Kier alpha value is -1.56. The van der Waals surface area contributed by atoms with Gasteiger partial charge >= 0.3 is 0 Å². The van der Waals surface area contributed by atoms with Crippen molar-refractivity contribution in [2.24, 2.45) is 0 Å². The first-order valence-corrected chi connectivity index (χ1v) is 7.49. The van der Waals surface area contributed by atoms with Crippen LogP contribution >= 0.6 is 0 Å². The van der Waals surface area contributed by atoms with Crippen LogP contribution in [0.5, 0.6) is 0 Å². The number of aromatic nitrogens is 2. The lowest BCUT2D eigenvalue weighted by atomic mass is 10.1. The summed E-state index contributed by atoms with van der Waals surface area (Å²) in [4.78, 5) is 14.4. The number of ether oxygens (including phenoxy) is 1. The van der Waals surface area contributed by atoms with Crippen molar-refractivity contribution in [2.75, 3.05) is 24.7 Å². The molecule has 20 heavy (non-hydrogen) atoms. The fraction of sp³-hybridized carbons (Fsp3) is 0.714. The van der Waals surface area contributed by atoms with Gasteiger partial charge in [0.15, 0.2) is 5.82 Å². The minimum atomic E-state index is 0.0211. The molecule has 1 aromatic rings. The van der Waals surface area contributed by atoms with E-state index in [0.717, 1.165) is 44.8 Å². The molecule has 0 aromatic carbocycles. The van der Waals surface area contributed by atoms with Gasteiger partial charge in [-0.3, -0.25) is 9.48 Å². The smallest absolute Gasteiger partial charge is 0.269 e. The maximum Gasteiger partial charge on any atom is 0.269 e. The molecule has 1 amide bonds. The largest absolute Gasteiger partial charge is 0.377 e. The van der Waals surface area contributed by atoms with Crippen molar-refractivity contribution < 1.29 is 9.53 Å². The molecule has 1 saturated carbocycles. The topological polar surface area (TPSA) is 59.4 Å². The summed E-state index contributed by atoms with van der Waals surface area (Å²) >= 11 is 0. The van der Waals surface area contributed by atoms with Gasteiger partial charge in [0.1, 0.15) is 5.69 Å². The number of carbonyl (C=O) groups is 1. The quantitative estimate of drug-likeness (QED) is 0.829. The number of rotatable bonds is 1. The Morgan fingerprint density at radius 2 is 2.35 bits per heavy atom. The van der Waals surface area contributed by atoms with Crippen molar-refractivity contribution in [3.63, 3.8) is 0 Å². The molecule has 6 nitrogen and oxygen atoms in total. The minimum absolute atomic E-state index is 0.0211. The number of amides is 1. The minimum Gasteiger partial charge on any atom is -0.377 e. The highest BCUT2D eigenvalue weighted by molar-refractivity contribution is 5.94. The predicted octanol–water partition coefficient (Wildman–Crippen LogP) is 0.945. The molecule has 0 spiro atoms. The number of hydrogen-bond donors (Lipinski definition) is 1. The first-order chi connectivity index (χ1) is 9.74. The van der Waals surface area contributed by atoms with Gasteiger partial charge in [0.25, 0.3) is 5.91 Å². The van der Waals surface area contributed by atoms with Crippen LogP contribution in [0.25, 0.3) is 0 Å². The molecule has 1 aromatic heterocycles. The third-order valence-electron chi connectivity index (χ3n) is 4.73. The second-order valence-electron chi connectivity index (χ2n) is 6.03. The average Bonchev–Trinajstić information content (AvgIpc) is 3.05. The predicted molar refractivity (Wildman–Crippen MR) is 74.0 cm³/mol. The van der Waals surface area contributed by atoms with Crippen molar-refractivity contribution in [1.82, 2.24) is 15.1 Å². The Morgan fingerprint density at radius 3 is 3.20 bits per heavy atom. The van der Waals surface area contributed by atoms with E-state index < -0.39 is 0 Å². The number of anilines is 1. The standard InChI is InChI=1S/C14H20N4O2/c1-9-8-20-6-5-17(9)13-7-12-14(19)15-10-3-2-4-11(10)18(12)16-13/h7,9-11H,2-6,8H2,1H3,(H,15,19)/t9-,10-,11+/m1/s1. The molecule has 108 valence electrons. The molecule has 3 heterocycles. The first-order valence-electron chi connectivity index (χ1n) is 7.49. The van der Waals surface area contributed by atoms with Gasteiger partial charge in [0.2, 0.25) is 0 Å². The van der Waals surface area contributed by atoms with E-state index in [0.29, 0.717) is 17.8 Å². The fourth-order valence-electron chi connectivity index (χ4n) is 3.66. The Labute approximate surface area is 118 Å². The lowest BCUT2D eigenvalue weighted by Crippen LogP contribution is -2.45. The molecule has 2 fully saturated rings. The van der Waals surface area contributed by atoms with Crippen LogP contribution in [0.15, 0.2) is 6.07 Å². The molecule has 3 aliphatic rings. The summed E-state index contributed by atoms with van der Waals surface area (Å²) in [6, 6.07) is 2.85. The van der Waals surface area contributed by atoms with Gasteiger partial charge in [0, 0.05) is 12.6 Å². The van der Waals surface area contributed by atoms with Gasteiger partial charge in [-0.2, -0.15) is 5.10 Å². The first kappa shape index (κ1) is 12.2. The molecule has 2 aliphatic heterocycles. The maximum atomic E-state index is 12.2. The molecule has 0 unspecified atom stereocenters. The SMILES string of the molecule is C[C@@H]1COCCN1c1cc2n(n1)[C@H]1CCC[C@H]1NC2=O. The number of morpholine rings is 1. The van der Waals surface area contributed by atoms with Crippen molar-refractivity contribution in [3.8, 4) is 0 Å². The van der Waals surface area contributed by atoms with Crippen LogP contribution < -0.4 is 10.2 Å². The molecule has 4 rings (SSSR count). The molecule has 1 aliphatic carbocycles. The van der Waals surface area contributed by atoms with Gasteiger partial charge in [-0.1, -0.05) is 0 Å². The number of hydrogen-bond acceptors (Lipinski definition) is 4. The molecule has 3 atom stereocenters. The summed E-state index contributed by atoms with van der Waals surface area (Å²) in [5.74, 6) is 0.936. The van der Waals surface area contributed by atoms with Gasteiger partial charge < -0.3 is 15.0 Å². The average molecular weight is 276 g/mol. The maximum absolute atomic E-state index is 12.2. The Morgan fingerprint density at radius 1 is 1.45 bits per heavy atom. The van der Waals surface area contributed by atoms with Gasteiger partial charge in [-0.05, 0) is 26.2 Å². The highest BCUT2D eigenvalue weighted by atomic mass is 16.5. The highest BCUT2D eigenvalue weighted by Crippen LogP contribution is 2.35. The third kappa shape index (κ3) is 1.74. The molecule has 1 N–H and O–H groups in total. The van der Waals surface area contributed by atoms with E-state index in [9.17, 15) is 4.79 Å². The van der Waals surface area contributed by atoms with E-state index in [2.05, 4.69) is 17.1 Å². The van der Waals surface area contributed by atoms with Crippen molar-refractivity contribution in [2.45, 2.75) is 44.3 Å². The summed E-state index contributed by atoms with van der Waals surface area (Å²) in [6.45, 7) is 4.43.